The van der Waals surface area contributed by atoms with Gasteiger partial charge >= 0.3 is 0 Å². The zero-order chi connectivity index (χ0) is 19.3. The van der Waals surface area contributed by atoms with Crippen LogP contribution < -0.4 is 14.8 Å². The summed E-state index contributed by atoms with van der Waals surface area (Å²) in [6, 6.07) is 14.4. The lowest BCUT2D eigenvalue weighted by Crippen LogP contribution is -2.36. The normalized spacial score (nSPS) is 18.1. The van der Waals surface area contributed by atoms with Crippen LogP contribution in [0.15, 0.2) is 42.5 Å². The van der Waals surface area contributed by atoms with E-state index in [1.807, 2.05) is 30.3 Å². The van der Waals surface area contributed by atoms with Crippen molar-refractivity contribution in [1.29, 1.82) is 0 Å². The van der Waals surface area contributed by atoms with E-state index in [0.29, 0.717) is 29.8 Å². The number of carbonyl (C=O) groups excluding carboxylic acids is 1. The molecule has 1 fully saturated rings. The number of nitrogens with zero attached hydrogens (tertiary/aromatic N) is 1. The lowest BCUT2D eigenvalue weighted by atomic mass is 10.1. The molecule has 0 aromatic heterocycles. The molecule has 28 heavy (non-hydrogen) atoms. The van der Waals surface area contributed by atoms with Gasteiger partial charge in [0.1, 0.15) is 0 Å². The van der Waals surface area contributed by atoms with Crippen LogP contribution in [0.5, 0.6) is 11.5 Å². The van der Waals surface area contributed by atoms with Crippen molar-refractivity contribution in [2.75, 3.05) is 19.9 Å². The molecular formula is C22H25ClN2O3. The lowest BCUT2D eigenvalue weighted by molar-refractivity contribution is -0.129. The lowest BCUT2D eigenvalue weighted by Gasteiger charge is -2.25. The Morgan fingerprint density at radius 1 is 1.14 bits per heavy atom. The van der Waals surface area contributed by atoms with E-state index in [2.05, 4.69) is 22.3 Å². The number of benzene rings is 2. The Kier molecular flexibility index (Phi) is 6.03. The first-order chi connectivity index (χ1) is 13.7. The summed E-state index contributed by atoms with van der Waals surface area (Å²) in [5.74, 6) is 1.72. The average molecular weight is 401 g/mol. The summed E-state index contributed by atoms with van der Waals surface area (Å²) < 4.78 is 10.8. The average Bonchev–Trinajstić information content (AvgIpc) is 3.30. The Balaban J connectivity index is 1.25. The Labute approximate surface area is 170 Å². The Morgan fingerprint density at radius 2 is 1.93 bits per heavy atom. The van der Waals surface area contributed by atoms with Gasteiger partial charge in [-0.3, -0.25) is 4.79 Å². The van der Waals surface area contributed by atoms with Gasteiger partial charge in [0.15, 0.2) is 11.5 Å². The van der Waals surface area contributed by atoms with Crippen LogP contribution in [0.2, 0.25) is 5.02 Å². The van der Waals surface area contributed by atoms with Crippen LogP contribution >= 0.6 is 11.6 Å². The van der Waals surface area contributed by atoms with Crippen molar-refractivity contribution in [3.05, 3.63) is 58.6 Å². The molecule has 2 aliphatic heterocycles. The number of halogens is 1. The highest BCUT2D eigenvalue weighted by atomic mass is 35.5. The third-order valence-corrected chi connectivity index (χ3v) is 5.80. The smallest absolute Gasteiger partial charge is 0.231 e. The minimum absolute atomic E-state index is 0.247. The van der Waals surface area contributed by atoms with Gasteiger partial charge in [-0.15, -0.1) is 0 Å². The molecule has 5 nitrogen and oxygen atoms in total. The summed E-state index contributed by atoms with van der Waals surface area (Å²) in [4.78, 5) is 14.3. The standard InChI is InChI=1S/C22H25ClN2O3/c23-19-13-21-20(27-15-28-21)12-17(19)14-24-10-8-18-6-7-22(26)25(18)11-9-16-4-2-1-3-5-16/h1-5,12-13,18,24H,6-11,14-15H2. The molecule has 0 bridgehead atoms. The van der Waals surface area contributed by atoms with E-state index in [9.17, 15) is 4.79 Å². The highest BCUT2D eigenvalue weighted by Crippen LogP contribution is 2.36. The first kappa shape index (κ1) is 19.1. The predicted molar refractivity (Wildman–Crippen MR) is 109 cm³/mol. The van der Waals surface area contributed by atoms with E-state index in [4.69, 9.17) is 21.1 Å². The minimum atomic E-state index is 0.247. The third kappa shape index (κ3) is 4.42. The number of fused-ring (bicyclic) bond motifs is 1. The molecule has 1 atom stereocenters. The number of amides is 1. The summed E-state index contributed by atoms with van der Waals surface area (Å²) >= 11 is 6.33. The molecule has 1 amide bonds. The fourth-order valence-corrected chi connectivity index (χ4v) is 4.10. The maximum absolute atomic E-state index is 12.3. The van der Waals surface area contributed by atoms with Gasteiger partial charge in [-0.25, -0.2) is 0 Å². The number of carbonyl (C=O) groups is 1. The van der Waals surface area contributed by atoms with Gasteiger partial charge in [-0.1, -0.05) is 41.9 Å². The molecule has 0 saturated carbocycles. The van der Waals surface area contributed by atoms with Gasteiger partial charge in [-0.2, -0.15) is 0 Å². The van der Waals surface area contributed by atoms with Crippen LogP contribution in [-0.4, -0.2) is 36.7 Å². The molecule has 1 unspecified atom stereocenters. The van der Waals surface area contributed by atoms with E-state index in [-0.39, 0.29) is 12.7 Å². The third-order valence-electron chi connectivity index (χ3n) is 5.45. The van der Waals surface area contributed by atoms with E-state index in [0.717, 1.165) is 43.7 Å². The fraction of sp³-hybridized carbons (Fsp3) is 0.409. The van der Waals surface area contributed by atoms with Crippen molar-refractivity contribution >= 4 is 17.5 Å². The monoisotopic (exact) mass is 400 g/mol. The highest BCUT2D eigenvalue weighted by molar-refractivity contribution is 6.31. The first-order valence-electron chi connectivity index (χ1n) is 9.83. The van der Waals surface area contributed by atoms with E-state index >= 15 is 0 Å². The van der Waals surface area contributed by atoms with Gasteiger partial charge in [0.2, 0.25) is 12.7 Å². The second kappa shape index (κ2) is 8.84. The van der Waals surface area contributed by atoms with E-state index in [1.165, 1.54) is 5.56 Å². The van der Waals surface area contributed by atoms with Crippen molar-refractivity contribution in [2.45, 2.75) is 38.3 Å². The van der Waals surface area contributed by atoms with Crippen LogP contribution in [0.1, 0.15) is 30.4 Å². The molecule has 0 aliphatic carbocycles. The van der Waals surface area contributed by atoms with E-state index in [1.54, 1.807) is 0 Å². The molecule has 0 spiro atoms. The second-order valence-electron chi connectivity index (χ2n) is 7.28. The van der Waals surface area contributed by atoms with Crippen molar-refractivity contribution in [2.24, 2.45) is 0 Å². The van der Waals surface area contributed by atoms with Crippen molar-refractivity contribution < 1.29 is 14.3 Å². The van der Waals surface area contributed by atoms with Crippen LogP contribution in [0, 0.1) is 0 Å². The molecular weight excluding hydrogens is 376 g/mol. The van der Waals surface area contributed by atoms with Crippen LogP contribution in [0.3, 0.4) is 0 Å². The molecule has 148 valence electrons. The quantitative estimate of drug-likeness (QED) is 0.685. The molecule has 2 heterocycles. The Bertz CT molecular complexity index is 828. The van der Waals surface area contributed by atoms with Gasteiger partial charge in [0, 0.05) is 36.6 Å². The molecule has 2 aromatic rings. The summed E-state index contributed by atoms with van der Waals surface area (Å²) in [5, 5.41) is 4.13. The topological polar surface area (TPSA) is 50.8 Å². The second-order valence-corrected chi connectivity index (χ2v) is 7.68. The molecule has 1 saturated heterocycles. The van der Waals surface area contributed by atoms with Crippen molar-refractivity contribution in [1.82, 2.24) is 10.2 Å². The zero-order valence-corrected chi connectivity index (χ0v) is 16.6. The number of likely N-dealkylation sites (tertiary alicyclic amines) is 1. The van der Waals surface area contributed by atoms with Crippen LogP contribution in [0.4, 0.5) is 0 Å². The van der Waals surface area contributed by atoms with Crippen molar-refractivity contribution in [3.8, 4) is 11.5 Å². The molecule has 1 N–H and O–H groups in total. The Hall–Kier alpha value is -2.24. The maximum atomic E-state index is 12.3. The molecule has 4 rings (SSSR count). The largest absolute Gasteiger partial charge is 0.454 e. The molecule has 6 heteroatoms. The number of hydrogen-bond acceptors (Lipinski definition) is 4. The molecule has 2 aliphatic rings. The summed E-state index contributed by atoms with van der Waals surface area (Å²) in [5.41, 5.74) is 2.27. The highest BCUT2D eigenvalue weighted by Gasteiger charge is 2.29. The number of hydrogen-bond donors (Lipinski definition) is 1. The Morgan fingerprint density at radius 3 is 2.75 bits per heavy atom. The van der Waals surface area contributed by atoms with E-state index < -0.39 is 0 Å². The number of rotatable bonds is 8. The zero-order valence-electron chi connectivity index (χ0n) is 15.8. The van der Waals surface area contributed by atoms with Crippen LogP contribution in [-0.2, 0) is 17.8 Å². The minimum Gasteiger partial charge on any atom is -0.454 e. The number of ether oxygens (including phenoxy) is 2. The first-order valence-corrected chi connectivity index (χ1v) is 10.2. The summed E-state index contributed by atoms with van der Waals surface area (Å²) in [6.45, 7) is 2.54. The SMILES string of the molecule is O=C1CCC(CCNCc2cc3c(cc2Cl)OCO3)N1CCc1ccccc1. The van der Waals surface area contributed by atoms with Crippen molar-refractivity contribution in [3.63, 3.8) is 0 Å². The van der Waals surface area contributed by atoms with Crippen LogP contribution in [0.25, 0.3) is 0 Å². The van der Waals surface area contributed by atoms with Gasteiger partial charge in [0.25, 0.3) is 0 Å². The summed E-state index contributed by atoms with van der Waals surface area (Å²) in [6.07, 6.45) is 3.46. The molecule has 2 aromatic carbocycles. The fourth-order valence-electron chi connectivity index (χ4n) is 3.88. The van der Waals surface area contributed by atoms with Gasteiger partial charge in [0.05, 0.1) is 0 Å². The maximum Gasteiger partial charge on any atom is 0.231 e. The summed E-state index contributed by atoms with van der Waals surface area (Å²) in [7, 11) is 0. The predicted octanol–water partition coefficient (Wildman–Crippen LogP) is 3.78. The molecule has 0 radical (unpaired) electrons. The van der Waals surface area contributed by atoms with Gasteiger partial charge < -0.3 is 19.7 Å². The number of nitrogens with one attached hydrogen (secondary N) is 1. The van der Waals surface area contributed by atoms with Gasteiger partial charge in [-0.05, 0) is 43.0 Å².